The van der Waals surface area contributed by atoms with Gasteiger partial charge in [0.25, 0.3) is 0 Å². The Morgan fingerprint density at radius 3 is 2.07 bits per heavy atom. The molecule has 2 rings (SSSR count). The third kappa shape index (κ3) is 15.3. The van der Waals surface area contributed by atoms with Gasteiger partial charge in [-0.3, -0.25) is 4.79 Å². The quantitative estimate of drug-likeness (QED) is 0.0263. The maximum Gasteiger partial charge on any atom is 0.409 e. The number of alkyl carbamates (subject to hydrolysis) is 1. The van der Waals surface area contributed by atoms with Gasteiger partial charge < -0.3 is 19.7 Å². The van der Waals surface area contributed by atoms with E-state index in [1.807, 2.05) is 13.8 Å². The molecule has 46 heavy (non-hydrogen) atoms. The predicted octanol–water partition coefficient (Wildman–Crippen LogP) is 5.42. The van der Waals surface area contributed by atoms with Gasteiger partial charge in [-0.25, -0.2) is 34.1 Å². The summed E-state index contributed by atoms with van der Waals surface area (Å²) < 4.78 is 11.1. The lowest BCUT2D eigenvalue weighted by Crippen LogP contribution is -2.43. The van der Waals surface area contributed by atoms with Gasteiger partial charge in [0.05, 0.1) is 6.61 Å². The van der Waals surface area contributed by atoms with Gasteiger partial charge >= 0.3 is 12.1 Å². The first-order chi connectivity index (χ1) is 21.8. The summed E-state index contributed by atoms with van der Waals surface area (Å²) in [6.45, 7) is 22.4. The molecule has 258 valence electrons. The molecule has 13 heteroatoms. The SMILES string of the molecule is C=C(C)COOCC1CCC(OC(=O)C(=C)C)C(OC(=O)NC/N=C/OOC2CC(CC(=O)C(=C)C)CCC2OOCC(=C)C)C1. The first kappa shape index (κ1) is 38.8. The zero-order valence-electron chi connectivity index (χ0n) is 27.6. The van der Waals surface area contributed by atoms with E-state index in [1.54, 1.807) is 13.8 Å². The van der Waals surface area contributed by atoms with Gasteiger partial charge in [-0.15, -0.1) is 0 Å². The number of carbonyl (C=O) groups excluding carboxylic acids is 3. The third-order valence-corrected chi connectivity index (χ3v) is 7.30. The molecule has 2 aliphatic rings. The highest BCUT2D eigenvalue weighted by molar-refractivity contribution is 5.94. The first-order valence-electron chi connectivity index (χ1n) is 15.5. The molecule has 1 amide bonds. The normalized spacial score (nSPS) is 24.5. The summed E-state index contributed by atoms with van der Waals surface area (Å²) >= 11 is 0. The molecule has 0 bridgehead atoms. The Balaban J connectivity index is 1.85. The van der Waals surface area contributed by atoms with E-state index in [0.29, 0.717) is 44.1 Å². The number of ketones is 1. The lowest BCUT2D eigenvalue weighted by molar-refractivity contribution is -0.372. The summed E-state index contributed by atoms with van der Waals surface area (Å²) in [7, 11) is 0. The number of amides is 1. The fourth-order valence-corrected chi connectivity index (χ4v) is 4.81. The predicted molar refractivity (Wildman–Crippen MR) is 169 cm³/mol. The van der Waals surface area contributed by atoms with Crippen molar-refractivity contribution in [3.63, 3.8) is 0 Å². The van der Waals surface area contributed by atoms with Crippen LogP contribution in [0.2, 0.25) is 0 Å². The monoisotopic (exact) mass is 650 g/mol. The minimum atomic E-state index is -0.750. The number of aliphatic imine (C=N–C) groups is 1. The molecule has 0 spiro atoms. The number of allylic oxidation sites excluding steroid dienone is 1. The molecule has 1 N–H and O–H groups in total. The number of ether oxygens (including phenoxy) is 2. The van der Waals surface area contributed by atoms with E-state index in [2.05, 4.69) is 36.6 Å². The molecule has 13 nitrogen and oxygen atoms in total. The minimum Gasteiger partial charge on any atom is -0.455 e. The van der Waals surface area contributed by atoms with Gasteiger partial charge in [0.15, 0.2) is 5.78 Å². The fraction of sp³-hybridized carbons (Fsp3) is 0.636. The molecule has 0 aliphatic heterocycles. The second kappa shape index (κ2) is 20.7. The van der Waals surface area contributed by atoms with Crippen LogP contribution in [0, 0.1) is 11.8 Å². The van der Waals surface area contributed by atoms with Crippen LogP contribution in [0.25, 0.3) is 0 Å². The van der Waals surface area contributed by atoms with Crippen molar-refractivity contribution in [2.24, 2.45) is 16.8 Å². The van der Waals surface area contributed by atoms with E-state index < -0.39 is 36.5 Å². The molecular weight excluding hydrogens is 600 g/mol. The average molecular weight is 651 g/mol. The van der Waals surface area contributed by atoms with E-state index in [0.717, 1.165) is 24.0 Å². The number of rotatable bonds is 20. The Morgan fingerprint density at radius 1 is 0.739 bits per heavy atom. The van der Waals surface area contributed by atoms with Crippen LogP contribution in [-0.4, -0.2) is 75.2 Å². The number of nitrogens with one attached hydrogen (secondary N) is 1. The molecule has 2 saturated carbocycles. The standard InChI is InChI=1S/C33H50N2O11/c1-21(2)16-39-40-18-26-10-11-28(43-32(37)24(7)8)30(15-26)44-33(38)35-19-34-20-42-46-31-14-25(13-27(36)23(5)6)9-12-29(31)45-41-17-22(3)4/h20,25-26,28-31H,1,3,5,7,9-19H2,2,4,6,8H3,(H,35,38)/b34-20+. The summed E-state index contributed by atoms with van der Waals surface area (Å²) in [5.74, 6) is -0.460. The molecule has 0 heterocycles. The van der Waals surface area contributed by atoms with Gasteiger partial charge in [-0.1, -0.05) is 37.5 Å². The van der Waals surface area contributed by atoms with Gasteiger partial charge in [-0.2, -0.15) is 4.89 Å². The van der Waals surface area contributed by atoms with E-state index in [-0.39, 0.29) is 49.7 Å². The number of hydrogen-bond donors (Lipinski definition) is 1. The summed E-state index contributed by atoms with van der Waals surface area (Å²) in [5.41, 5.74) is 2.39. The average Bonchev–Trinajstić information content (AvgIpc) is 2.98. The highest BCUT2D eigenvalue weighted by atomic mass is 17.2. The van der Waals surface area contributed by atoms with Crippen LogP contribution in [0.3, 0.4) is 0 Å². The maximum absolute atomic E-state index is 12.6. The van der Waals surface area contributed by atoms with E-state index in [9.17, 15) is 14.4 Å². The number of carbonyl (C=O) groups is 3. The fourth-order valence-electron chi connectivity index (χ4n) is 4.81. The molecule has 2 fully saturated rings. The van der Waals surface area contributed by atoms with E-state index in [1.165, 1.54) is 0 Å². The highest BCUT2D eigenvalue weighted by Gasteiger charge is 2.37. The largest absolute Gasteiger partial charge is 0.455 e. The van der Waals surface area contributed by atoms with Gasteiger partial charge in [0.1, 0.15) is 44.3 Å². The maximum atomic E-state index is 12.6. The van der Waals surface area contributed by atoms with E-state index >= 15 is 0 Å². The van der Waals surface area contributed by atoms with Crippen molar-refractivity contribution < 1.29 is 53.2 Å². The smallest absolute Gasteiger partial charge is 0.409 e. The van der Waals surface area contributed by atoms with Gasteiger partial charge in [-0.05, 0) is 83.6 Å². The summed E-state index contributed by atoms with van der Waals surface area (Å²) in [4.78, 5) is 72.9. The van der Waals surface area contributed by atoms with Crippen LogP contribution in [0.5, 0.6) is 0 Å². The van der Waals surface area contributed by atoms with Crippen LogP contribution in [0.15, 0.2) is 53.6 Å². The Labute approximate surface area is 271 Å². The molecule has 0 radical (unpaired) electrons. The number of esters is 1. The zero-order valence-corrected chi connectivity index (χ0v) is 27.6. The van der Waals surface area contributed by atoms with Crippen molar-refractivity contribution in [2.75, 3.05) is 26.5 Å². The van der Waals surface area contributed by atoms with Crippen LogP contribution >= 0.6 is 0 Å². The number of hydrogen-bond acceptors (Lipinski definition) is 12. The lowest BCUT2D eigenvalue weighted by atomic mass is 9.82. The number of nitrogens with zero attached hydrogens (tertiary/aromatic N) is 1. The molecule has 0 saturated heterocycles. The number of Topliss-reactive ketones (excluding diaryl/α,β-unsaturated/α-hetero) is 1. The minimum absolute atomic E-state index is 0.00656. The van der Waals surface area contributed by atoms with Crippen molar-refractivity contribution in [1.82, 2.24) is 5.32 Å². The second-order valence-corrected chi connectivity index (χ2v) is 12.1. The lowest BCUT2D eigenvalue weighted by Gasteiger charge is -2.34. The van der Waals surface area contributed by atoms with Crippen LogP contribution in [-0.2, 0) is 48.4 Å². The van der Waals surface area contributed by atoms with Crippen molar-refractivity contribution >= 4 is 24.2 Å². The molecule has 0 aromatic rings. The van der Waals surface area contributed by atoms with Crippen molar-refractivity contribution in [1.29, 1.82) is 0 Å². The summed E-state index contributed by atoms with van der Waals surface area (Å²) in [5, 5.41) is 2.51. The van der Waals surface area contributed by atoms with Gasteiger partial charge in [0.2, 0.25) is 6.40 Å². The third-order valence-electron chi connectivity index (χ3n) is 7.30. The Bertz CT molecular complexity index is 1110. The topological polar surface area (TPSA) is 149 Å². The molecule has 0 aromatic carbocycles. The molecular formula is C33H50N2O11. The first-order valence-corrected chi connectivity index (χ1v) is 15.5. The molecule has 2 aliphatic carbocycles. The Morgan fingerprint density at radius 2 is 1.39 bits per heavy atom. The second-order valence-electron chi connectivity index (χ2n) is 12.1. The summed E-state index contributed by atoms with van der Waals surface area (Å²) in [6, 6.07) is 0. The van der Waals surface area contributed by atoms with Crippen molar-refractivity contribution in [2.45, 2.75) is 97.1 Å². The zero-order chi connectivity index (χ0) is 34.1. The van der Waals surface area contributed by atoms with Crippen molar-refractivity contribution in [3.05, 3.63) is 48.6 Å². The highest BCUT2D eigenvalue weighted by Crippen LogP contribution is 2.32. The Hall–Kier alpha value is -3.36. The van der Waals surface area contributed by atoms with Crippen LogP contribution in [0.1, 0.15) is 72.6 Å². The van der Waals surface area contributed by atoms with Crippen LogP contribution in [0.4, 0.5) is 4.79 Å². The molecule has 6 unspecified atom stereocenters. The summed E-state index contributed by atoms with van der Waals surface area (Å²) in [6.07, 6.45) is 1.77. The van der Waals surface area contributed by atoms with Crippen molar-refractivity contribution in [3.8, 4) is 0 Å². The van der Waals surface area contributed by atoms with E-state index in [4.69, 9.17) is 38.8 Å². The molecule has 6 atom stereocenters. The molecule has 0 aromatic heterocycles. The van der Waals surface area contributed by atoms with Gasteiger partial charge in [0, 0.05) is 12.0 Å². The Kier molecular flexibility index (Phi) is 17.5. The van der Waals surface area contributed by atoms with Crippen LogP contribution < -0.4 is 5.32 Å².